The Bertz CT molecular complexity index is 890. The van der Waals surface area contributed by atoms with Crippen molar-refractivity contribution < 1.29 is 9.32 Å². The smallest absolute Gasteiger partial charge is 0.257 e. The Morgan fingerprint density at radius 1 is 1.35 bits per heavy atom. The van der Waals surface area contributed by atoms with Crippen molar-refractivity contribution in [1.82, 2.24) is 15.4 Å². The van der Waals surface area contributed by atoms with Gasteiger partial charge in [0.2, 0.25) is 0 Å². The molecule has 5 nitrogen and oxygen atoms in total. The fourth-order valence-corrected chi connectivity index (χ4v) is 3.75. The number of nitrogens with one attached hydrogen (secondary N) is 1. The van der Waals surface area contributed by atoms with Crippen molar-refractivity contribution in [2.45, 2.75) is 13.0 Å². The molecule has 0 fully saturated rings. The summed E-state index contributed by atoms with van der Waals surface area (Å²) >= 11 is 7.90. The molecule has 136 valence electrons. The van der Waals surface area contributed by atoms with Crippen molar-refractivity contribution in [1.29, 1.82) is 0 Å². The van der Waals surface area contributed by atoms with Gasteiger partial charge in [0.1, 0.15) is 17.0 Å². The third-order valence-electron chi connectivity index (χ3n) is 4.23. The standard InChI is InChI=1S/C19H20ClN3O2S/c1-12-17(18(22-25-12)14-6-4-5-7-15(14)20)19(24)21-10-16(23(2)3)13-8-9-26-11-13/h4-9,11,16H,10H2,1-3H3,(H,21,24)/t16-/m0/s1. The number of nitrogens with zero attached hydrogens (tertiary/aromatic N) is 2. The number of likely N-dealkylation sites (N-methyl/N-ethyl adjacent to an activating group) is 1. The molecular formula is C19H20ClN3O2S. The molecule has 0 aliphatic rings. The molecule has 1 aromatic carbocycles. The van der Waals surface area contributed by atoms with Crippen molar-refractivity contribution in [3.05, 3.63) is 63.0 Å². The number of rotatable bonds is 6. The number of benzene rings is 1. The second-order valence-corrected chi connectivity index (χ2v) is 7.38. The molecular weight excluding hydrogens is 370 g/mol. The first-order valence-corrected chi connectivity index (χ1v) is 9.49. The van der Waals surface area contributed by atoms with E-state index in [9.17, 15) is 4.79 Å². The van der Waals surface area contributed by atoms with Gasteiger partial charge in [0.05, 0.1) is 11.1 Å². The molecule has 7 heteroatoms. The van der Waals surface area contributed by atoms with Crippen molar-refractivity contribution in [2.75, 3.05) is 20.6 Å². The number of aryl methyl sites for hydroxylation is 1. The van der Waals surface area contributed by atoms with Crippen molar-refractivity contribution in [3.8, 4) is 11.3 Å². The summed E-state index contributed by atoms with van der Waals surface area (Å²) in [6.07, 6.45) is 0. The third-order valence-corrected chi connectivity index (χ3v) is 5.26. The van der Waals surface area contributed by atoms with Gasteiger partial charge in [-0.3, -0.25) is 4.79 Å². The van der Waals surface area contributed by atoms with Gasteiger partial charge < -0.3 is 14.7 Å². The molecule has 1 atom stereocenters. The van der Waals surface area contributed by atoms with Gasteiger partial charge in [-0.05, 0) is 49.5 Å². The predicted molar refractivity (Wildman–Crippen MR) is 105 cm³/mol. The lowest BCUT2D eigenvalue weighted by molar-refractivity contribution is 0.0941. The first kappa shape index (κ1) is 18.6. The zero-order valence-corrected chi connectivity index (χ0v) is 16.4. The van der Waals surface area contributed by atoms with E-state index in [1.54, 1.807) is 24.3 Å². The molecule has 0 aliphatic carbocycles. The minimum Gasteiger partial charge on any atom is -0.360 e. The lowest BCUT2D eigenvalue weighted by Gasteiger charge is -2.24. The fraction of sp³-hybridized carbons (Fsp3) is 0.263. The number of carbonyl (C=O) groups is 1. The first-order chi connectivity index (χ1) is 12.5. The zero-order chi connectivity index (χ0) is 18.7. The molecule has 26 heavy (non-hydrogen) atoms. The fourth-order valence-electron chi connectivity index (χ4n) is 2.82. The first-order valence-electron chi connectivity index (χ1n) is 8.17. The van der Waals surface area contributed by atoms with Gasteiger partial charge in [-0.25, -0.2) is 0 Å². The van der Waals surface area contributed by atoms with Crippen LogP contribution in [0.1, 0.15) is 27.7 Å². The van der Waals surface area contributed by atoms with Crippen LogP contribution in [0.5, 0.6) is 0 Å². The monoisotopic (exact) mass is 389 g/mol. The van der Waals surface area contributed by atoms with Gasteiger partial charge in [0, 0.05) is 12.1 Å². The molecule has 0 spiro atoms. The highest BCUT2D eigenvalue weighted by Gasteiger charge is 2.24. The van der Waals surface area contributed by atoms with Crippen LogP contribution in [0.4, 0.5) is 0 Å². The Labute approximate surface area is 161 Å². The SMILES string of the molecule is Cc1onc(-c2ccccc2Cl)c1C(=O)NC[C@@H](c1ccsc1)N(C)C. The van der Waals surface area contributed by atoms with Crippen LogP contribution in [0.15, 0.2) is 45.6 Å². The minimum absolute atomic E-state index is 0.0918. The Balaban J connectivity index is 1.83. The molecule has 1 amide bonds. The van der Waals surface area contributed by atoms with Crippen molar-refractivity contribution in [2.24, 2.45) is 0 Å². The molecule has 3 rings (SSSR count). The molecule has 1 N–H and O–H groups in total. The summed E-state index contributed by atoms with van der Waals surface area (Å²) in [5, 5.41) is 11.7. The van der Waals surface area contributed by atoms with Gasteiger partial charge in [0.25, 0.3) is 5.91 Å². The Kier molecular flexibility index (Phi) is 5.76. The van der Waals surface area contributed by atoms with Crippen LogP contribution >= 0.6 is 22.9 Å². The quantitative estimate of drug-likeness (QED) is 0.678. The van der Waals surface area contributed by atoms with E-state index >= 15 is 0 Å². The normalized spacial score (nSPS) is 12.3. The van der Waals surface area contributed by atoms with Crippen molar-refractivity contribution >= 4 is 28.8 Å². The third kappa shape index (κ3) is 3.82. The lowest BCUT2D eigenvalue weighted by atomic mass is 10.0. The summed E-state index contributed by atoms with van der Waals surface area (Å²) in [5.41, 5.74) is 2.73. The van der Waals surface area contributed by atoms with Gasteiger partial charge >= 0.3 is 0 Å². The molecule has 0 aliphatic heterocycles. The Morgan fingerprint density at radius 3 is 2.77 bits per heavy atom. The van der Waals surface area contributed by atoms with Crippen LogP contribution in [0.3, 0.4) is 0 Å². The number of amides is 1. The van der Waals surface area contributed by atoms with E-state index in [0.29, 0.717) is 34.1 Å². The van der Waals surface area contributed by atoms with E-state index in [1.807, 2.05) is 37.7 Å². The second kappa shape index (κ2) is 8.03. The minimum atomic E-state index is -0.222. The number of hydrogen-bond donors (Lipinski definition) is 1. The molecule has 0 saturated carbocycles. The van der Waals surface area contributed by atoms with Crippen LogP contribution in [0, 0.1) is 6.92 Å². The van der Waals surface area contributed by atoms with E-state index in [4.69, 9.17) is 16.1 Å². The van der Waals surface area contributed by atoms with E-state index in [0.717, 1.165) is 0 Å². The van der Waals surface area contributed by atoms with Gasteiger partial charge in [-0.2, -0.15) is 11.3 Å². The van der Waals surface area contributed by atoms with Gasteiger partial charge in [-0.1, -0.05) is 35.0 Å². The topological polar surface area (TPSA) is 58.4 Å². The van der Waals surface area contributed by atoms with Crippen LogP contribution in [0.25, 0.3) is 11.3 Å². The van der Waals surface area contributed by atoms with Crippen LogP contribution < -0.4 is 5.32 Å². The zero-order valence-electron chi connectivity index (χ0n) is 14.8. The molecule has 2 heterocycles. The highest BCUT2D eigenvalue weighted by atomic mass is 35.5. The van der Waals surface area contributed by atoms with E-state index in [-0.39, 0.29) is 11.9 Å². The van der Waals surface area contributed by atoms with Gasteiger partial charge in [-0.15, -0.1) is 0 Å². The summed E-state index contributed by atoms with van der Waals surface area (Å²) < 4.78 is 5.27. The maximum Gasteiger partial charge on any atom is 0.257 e. The number of aromatic nitrogens is 1. The van der Waals surface area contributed by atoms with E-state index < -0.39 is 0 Å². The van der Waals surface area contributed by atoms with Gasteiger partial charge in [0.15, 0.2) is 0 Å². The summed E-state index contributed by atoms with van der Waals surface area (Å²) in [5.74, 6) is 0.245. The molecule has 0 unspecified atom stereocenters. The van der Waals surface area contributed by atoms with Crippen LogP contribution in [0.2, 0.25) is 5.02 Å². The average Bonchev–Trinajstić information content (AvgIpc) is 3.25. The number of hydrogen-bond acceptors (Lipinski definition) is 5. The Morgan fingerprint density at radius 2 is 2.12 bits per heavy atom. The summed E-state index contributed by atoms with van der Waals surface area (Å²) in [7, 11) is 3.99. The summed E-state index contributed by atoms with van der Waals surface area (Å²) in [6.45, 7) is 2.21. The van der Waals surface area contributed by atoms with Crippen LogP contribution in [-0.2, 0) is 0 Å². The summed E-state index contributed by atoms with van der Waals surface area (Å²) in [6, 6.07) is 9.44. The van der Waals surface area contributed by atoms with E-state index in [1.165, 1.54) is 5.56 Å². The molecule has 2 aromatic heterocycles. The average molecular weight is 390 g/mol. The van der Waals surface area contributed by atoms with Crippen molar-refractivity contribution in [3.63, 3.8) is 0 Å². The Hall–Kier alpha value is -2.15. The maximum atomic E-state index is 12.9. The highest BCUT2D eigenvalue weighted by Crippen LogP contribution is 2.31. The number of halogens is 1. The maximum absolute atomic E-state index is 12.9. The molecule has 0 radical (unpaired) electrons. The lowest BCUT2D eigenvalue weighted by Crippen LogP contribution is -2.34. The summed E-state index contributed by atoms with van der Waals surface area (Å²) in [4.78, 5) is 14.9. The molecule has 3 aromatic rings. The van der Waals surface area contributed by atoms with E-state index in [2.05, 4.69) is 26.8 Å². The predicted octanol–water partition coefficient (Wildman–Crippen LogP) is 4.40. The van der Waals surface area contributed by atoms with Crippen LogP contribution in [-0.4, -0.2) is 36.6 Å². The molecule has 0 saturated heterocycles. The number of carbonyl (C=O) groups excluding carboxylic acids is 1. The molecule has 0 bridgehead atoms. The largest absolute Gasteiger partial charge is 0.360 e. The second-order valence-electron chi connectivity index (χ2n) is 6.19. The highest BCUT2D eigenvalue weighted by molar-refractivity contribution is 7.08. The number of thiophene rings is 1.